The van der Waals surface area contributed by atoms with Gasteiger partial charge in [0.25, 0.3) is 0 Å². The number of rotatable bonds is 12. The van der Waals surface area contributed by atoms with Gasteiger partial charge >= 0.3 is 13.7 Å². The standard InChI is InChI=1S/C48H58B2N2S2Si2/c1-9-11-13-21-29-51-45-36-46-42(35-41(45)47-43(49(51)37-23-17-15-18-24-37)33-39(53-47)27-31-55(3,4)5)48-44(34-40(54-48)28-32-56(6,7)8)50(38-25-19-16-20-26-38)52(46)30-22-14-12-10-2/h15-20,23-26,33-36H,9-14,21-22,29-30H2,1-8H3. The van der Waals surface area contributed by atoms with Gasteiger partial charge in [-0.2, -0.15) is 0 Å². The molecule has 0 unspecified atom stereocenters. The van der Waals surface area contributed by atoms with Crippen LogP contribution in [0.2, 0.25) is 39.3 Å². The lowest BCUT2D eigenvalue weighted by Gasteiger charge is -2.42. The summed E-state index contributed by atoms with van der Waals surface area (Å²) in [6.45, 7) is 21.0. The van der Waals surface area contributed by atoms with E-state index in [0.717, 1.165) is 13.1 Å². The Kier molecular flexibility index (Phi) is 12.6. The fourth-order valence-electron chi connectivity index (χ4n) is 8.20. The monoisotopic (exact) mass is 804 g/mol. The summed E-state index contributed by atoms with van der Waals surface area (Å²) in [4.78, 5) is 10.7. The molecule has 3 aromatic carbocycles. The van der Waals surface area contributed by atoms with E-state index in [4.69, 9.17) is 0 Å². The van der Waals surface area contributed by atoms with E-state index in [1.165, 1.54) is 115 Å². The second kappa shape index (κ2) is 17.5. The minimum Gasteiger partial charge on any atom is -0.406 e. The molecule has 0 fully saturated rings. The molecule has 4 heterocycles. The Morgan fingerprint density at radius 3 is 1.30 bits per heavy atom. The molecule has 286 valence electrons. The molecule has 0 radical (unpaired) electrons. The summed E-state index contributed by atoms with van der Waals surface area (Å²) < 4.78 is 0. The van der Waals surface area contributed by atoms with Crippen molar-refractivity contribution in [1.29, 1.82) is 0 Å². The molecule has 7 rings (SSSR count). The molecule has 0 spiro atoms. The molecular formula is C48H58B2N2S2Si2. The van der Waals surface area contributed by atoms with Crippen LogP contribution in [0.1, 0.15) is 75.0 Å². The largest absolute Gasteiger partial charge is 0.406 e. The van der Waals surface area contributed by atoms with E-state index in [0.29, 0.717) is 0 Å². The second-order valence-electron chi connectivity index (χ2n) is 17.8. The first-order valence-electron chi connectivity index (χ1n) is 21.1. The molecule has 0 aliphatic carbocycles. The number of hydrogen-bond donors (Lipinski definition) is 0. The minimum atomic E-state index is -1.56. The maximum absolute atomic E-state index is 3.70. The first-order valence-corrected chi connectivity index (χ1v) is 29.7. The average molecular weight is 805 g/mol. The Bertz CT molecular complexity index is 2110. The van der Waals surface area contributed by atoms with Crippen molar-refractivity contribution in [2.45, 2.75) is 104 Å². The van der Waals surface area contributed by atoms with Crippen LogP contribution in [0.3, 0.4) is 0 Å². The lowest BCUT2D eigenvalue weighted by atomic mass is 9.46. The number of thiophene rings is 2. The Balaban J connectivity index is 1.49. The van der Waals surface area contributed by atoms with E-state index in [-0.39, 0.29) is 13.7 Å². The van der Waals surface area contributed by atoms with Crippen molar-refractivity contribution in [2.75, 3.05) is 22.7 Å². The third-order valence-electron chi connectivity index (χ3n) is 10.8. The second-order valence-corrected chi connectivity index (χ2v) is 29.4. The van der Waals surface area contributed by atoms with Crippen LogP contribution in [0.15, 0.2) is 84.9 Å². The van der Waals surface area contributed by atoms with Crippen LogP contribution < -0.4 is 31.5 Å². The van der Waals surface area contributed by atoms with Gasteiger partial charge in [0.15, 0.2) is 0 Å². The third-order valence-corrected chi connectivity index (χ3v) is 14.8. The van der Waals surface area contributed by atoms with E-state index in [2.05, 4.69) is 171 Å². The molecule has 2 aliphatic heterocycles. The molecule has 0 saturated carbocycles. The van der Waals surface area contributed by atoms with Crippen LogP contribution in [-0.4, -0.2) is 42.9 Å². The highest BCUT2D eigenvalue weighted by molar-refractivity contribution is 7.19. The fraction of sp³-hybridized carbons (Fsp3) is 0.375. The summed E-state index contributed by atoms with van der Waals surface area (Å²) in [6, 6.07) is 32.6. The minimum absolute atomic E-state index is 0.143. The molecule has 0 bridgehead atoms. The summed E-state index contributed by atoms with van der Waals surface area (Å²) in [7, 11) is -3.11. The van der Waals surface area contributed by atoms with Gasteiger partial charge in [-0.15, -0.1) is 33.8 Å². The molecule has 0 atom stereocenters. The fourth-order valence-corrected chi connectivity index (χ4v) is 11.5. The van der Waals surface area contributed by atoms with Crippen molar-refractivity contribution >= 4 is 85.7 Å². The summed E-state index contributed by atoms with van der Waals surface area (Å²) >= 11 is 3.82. The van der Waals surface area contributed by atoms with Gasteiger partial charge in [-0.05, 0) is 48.0 Å². The van der Waals surface area contributed by atoms with Gasteiger partial charge in [0, 0.05) is 45.3 Å². The van der Waals surface area contributed by atoms with E-state index in [1.54, 1.807) is 0 Å². The summed E-state index contributed by atoms with van der Waals surface area (Å²) in [5.74, 6) is 7.37. The lowest BCUT2D eigenvalue weighted by Crippen LogP contribution is -2.60. The first kappa shape index (κ1) is 40.5. The molecule has 2 nitrogen and oxygen atoms in total. The van der Waals surface area contributed by atoms with E-state index < -0.39 is 16.1 Å². The maximum atomic E-state index is 3.70. The zero-order valence-electron chi connectivity index (χ0n) is 35.0. The van der Waals surface area contributed by atoms with Crippen molar-refractivity contribution in [3.05, 3.63) is 94.7 Å². The van der Waals surface area contributed by atoms with Crippen LogP contribution in [-0.2, 0) is 0 Å². The van der Waals surface area contributed by atoms with Crippen LogP contribution in [0.25, 0.3) is 20.9 Å². The number of hydrogen-bond acceptors (Lipinski definition) is 4. The van der Waals surface area contributed by atoms with Gasteiger partial charge in [-0.1, -0.05) is 175 Å². The van der Waals surface area contributed by atoms with Crippen molar-refractivity contribution in [3.63, 3.8) is 0 Å². The molecule has 56 heavy (non-hydrogen) atoms. The number of anilines is 2. The zero-order valence-corrected chi connectivity index (χ0v) is 38.7. The van der Waals surface area contributed by atoms with E-state index in [1.807, 2.05) is 22.7 Å². The van der Waals surface area contributed by atoms with Crippen molar-refractivity contribution < 1.29 is 0 Å². The summed E-state index contributed by atoms with van der Waals surface area (Å²) in [5, 5.41) is 0. The van der Waals surface area contributed by atoms with Gasteiger partial charge in [-0.3, -0.25) is 0 Å². The van der Waals surface area contributed by atoms with Crippen molar-refractivity contribution in [1.82, 2.24) is 0 Å². The molecular weight excluding hydrogens is 746 g/mol. The topological polar surface area (TPSA) is 6.48 Å². The van der Waals surface area contributed by atoms with Crippen LogP contribution in [0.4, 0.5) is 11.4 Å². The summed E-state index contributed by atoms with van der Waals surface area (Å²) in [6.07, 6.45) is 9.87. The predicted molar refractivity (Wildman–Crippen MR) is 259 cm³/mol. The molecule has 0 amide bonds. The van der Waals surface area contributed by atoms with E-state index >= 15 is 0 Å². The Morgan fingerprint density at radius 2 is 0.929 bits per heavy atom. The SMILES string of the molecule is CCCCCCN1B(c2ccccc2)c2cc(C#C[Si](C)(C)C)sc2-c2cc3c(cc21)N(CCCCCC)B(c1ccccc1)c1cc(C#C[Si](C)(C)C)sc1-3. The smallest absolute Gasteiger partial charge is 0.325 e. The maximum Gasteiger partial charge on any atom is 0.325 e. The van der Waals surface area contributed by atoms with Crippen LogP contribution >= 0.6 is 22.7 Å². The first-order chi connectivity index (χ1) is 27.0. The number of benzene rings is 3. The highest BCUT2D eigenvalue weighted by Crippen LogP contribution is 2.48. The predicted octanol–water partition coefficient (Wildman–Crippen LogP) is 10.6. The molecule has 0 saturated heterocycles. The molecule has 2 aromatic heterocycles. The van der Waals surface area contributed by atoms with Crippen molar-refractivity contribution in [2.24, 2.45) is 0 Å². The molecule has 0 N–H and O–H groups in total. The zero-order chi connectivity index (χ0) is 39.5. The number of nitrogens with zero attached hydrogens (tertiary/aromatic N) is 2. The highest BCUT2D eigenvalue weighted by atomic mass is 32.1. The molecule has 8 heteroatoms. The Morgan fingerprint density at radius 1 is 0.518 bits per heavy atom. The lowest BCUT2D eigenvalue weighted by molar-refractivity contribution is 0.672. The molecule has 2 aliphatic rings. The van der Waals surface area contributed by atoms with Crippen LogP contribution in [0, 0.1) is 22.9 Å². The quantitative estimate of drug-likeness (QED) is 0.0704. The number of fused-ring (bicyclic) bond motifs is 6. The molecule has 5 aromatic rings. The third kappa shape index (κ3) is 9.06. The Labute approximate surface area is 349 Å². The van der Waals surface area contributed by atoms with Gasteiger partial charge in [0.05, 0.1) is 9.75 Å². The Hall–Kier alpha value is -3.66. The van der Waals surface area contributed by atoms with Crippen LogP contribution in [0.5, 0.6) is 0 Å². The van der Waals surface area contributed by atoms with Gasteiger partial charge in [-0.25, -0.2) is 0 Å². The average Bonchev–Trinajstić information content (AvgIpc) is 3.81. The highest BCUT2D eigenvalue weighted by Gasteiger charge is 2.42. The normalized spacial score (nSPS) is 13.3. The van der Waals surface area contributed by atoms with Gasteiger partial charge < -0.3 is 9.62 Å². The summed E-state index contributed by atoms with van der Waals surface area (Å²) in [5.41, 5.74) is 18.4. The van der Waals surface area contributed by atoms with E-state index in [9.17, 15) is 0 Å². The van der Waals surface area contributed by atoms with Crippen molar-refractivity contribution in [3.8, 4) is 43.8 Å². The van der Waals surface area contributed by atoms with Gasteiger partial charge in [0.2, 0.25) is 0 Å². The number of unbranched alkanes of at least 4 members (excludes halogenated alkanes) is 6. The van der Waals surface area contributed by atoms with Gasteiger partial charge in [0.1, 0.15) is 16.1 Å².